The monoisotopic (exact) mass is 299 g/mol. The van der Waals surface area contributed by atoms with Gasteiger partial charge in [0.15, 0.2) is 0 Å². The van der Waals surface area contributed by atoms with Gasteiger partial charge in [0.2, 0.25) is 0 Å². The molecular formula is C16H23ClFNO. The van der Waals surface area contributed by atoms with Crippen LogP contribution in [0.2, 0.25) is 5.02 Å². The molecule has 1 aliphatic heterocycles. The van der Waals surface area contributed by atoms with Gasteiger partial charge in [0.25, 0.3) is 0 Å². The topological polar surface area (TPSA) is 21.3 Å². The van der Waals surface area contributed by atoms with E-state index < -0.39 is 0 Å². The second-order valence-corrected chi connectivity index (χ2v) is 6.29. The van der Waals surface area contributed by atoms with Gasteiger partial charge in [0.1, 0.15) is 5.82 Å². The molecule has 0 aliphatic carbocycles. The van der Waals surface area contributed by atoms with Crippen LogP contribution in [-0.4, -0.2) is 19.7 Å². The van der Waals surface area contributed by atoms with E-state index >= 15 is 0 Å². The van der Waals surface area contributed by atoms with Gasteiger partial charge in [-0.25, -0.2) is 4.39 Å². The molecule has 1 heterocycles. The van der Waals surface area contributed by atoms with Crippen LogP contribution in [0.15, 0.2) is 18.2 Å². The second-order valence-electron chi connectivity index (χ2n) is 5.88. The van der Waals surface area contributed by atoms with E-state index in [2.05, 4.69) is 19.2 Å². The Labute approximate surface area is 125 Å². The summed E-state index contributed by atoms with van der Waals surface area (Å²) in [6, 6.07) is 4.82. The summed E-state index contributed by atoms with van der Waals surface area (Å²) in [6.45, 7) is 6.84. The molecule has 0 spiro atoms. The lowest BCUT2D eigenvalue weighted by Crippen LogP contribution is -2.34. The van der Waals surface area contributed by atoms with Crippen molar-refractivity contribution in [3.8, 4) is 0 Å². The van der Waals surface area contributed by atoms with Crippen LogP contribution in [0, 0.1) is 17.7 Å². The van der Waals surface area contributed by atoms with Crippen molar-refractivity contribution in [3.63, 3.8) is 0 Å². The second kappa shape index (κ2) is 7.39. The molecule has 112 valence electrons. The molecule has 0 bridgehead atoms. The van der Waals surface area contributed by atoms with Crippen LogP contribution in [0.4, 0.5) is 4.39 Å². The van der Waals surface area contributed by atoms with E-state index in [4.69, 9.17) is 16.3 Å². The molecule has 1 aliphatic rings. The third kappa shape index (κ3) is 3.94. The van der Waals surface area contributed by atoms with Gasteiger partial charge < -0.3 is 10.1 Å². The smallest absolute Gasteiger partial charge is 0.130 e. The third-order valence-corrected chi connectivity index (χ3v) is 4.02. The minimum atomic E-state index is -0.266. The third-order valence-electron chi connectivity index (χ3n) is 3.69. The minimum Gasteiger partial charge on any atom is -0.373 e. The number of benzene rings is 1. The van der Waals surface area contributed by atoms with Gasteiger partial charge in [-0.1, -0.05) is 31.5 Å². The molecule has 0 aromatic heterocycles. The van der Waals surface area contributed by atoms with Crippen molar-refractivity contribution in [1.82, 2.24) is 5.32 Å². The Morgan fingerprint density at radius 2 is 2.25 bits per heavy atom. The van der Waals surface area contributed by atoms with Crippen LogP contribution < -0.4 is 5.32 Å². The summed E-state index contributed by atoms with van der Waals surface area (Å²) in [5.74, 6) is 0.616. The summed E-state index contributed by atoms with van der Waals surface area (Å²) in [7, 11) is 0. The van der Waals surface area contributed by atoms with E-state index in [0.29, 0.717) is 23.1 Å². The molecule has 2 rings (SSSR count). The first-order valence-corrected chi connectivity index (χ1v) is 7.73. The van der Waals surface area contributed by atoms with Crippen molar-refractivity contribution in [2.75, 3.05) is 19.7 Å². The van der Waals surface area contributed by atoms with Gasteiger partial charge in [-0.3, -0.25) is 0 Å². The zero-order chi connectivity index (χ0) is 14.5. The number of nitrogens with one attached hydrogen (secondary N) is 1. The largest absolute Gasteiger partial charge is 0.373 e. The van der Waals surface area contributed by atoms with Crippen LogP contribution in [0.5, 0.6) is 0 Å². The Kier molecular flexibility index (Phi) is 5.82. The summed E-state index contributed by atoms with van der Waals surface area (Å²) >= 11 is 6.17. The van der Waals surface area contributed by atoms with E-state index in [1.54, 1.807) is 12.1 Å². The van der Waals surface area contributed by atoms with E-state index in [0.717, 1.165) is 25.9 Å². The maximum atomic E-state index is 14.1. The molecular weight excluding hydrogens is 277 g/mol. The first kappa shape index (κ1) is 15.7. The molecule has 0 amide bonds. The molecule has 1 N–H and O–H groups in total. The summed E-state index contributed by atoms with van der Waals surface area (Å²) in [5.41, 5.74) is 0.519. The minimum absolute atomic E-state index is 0.239. The van der Waals surface area contributed by atoms with E-state index in [1.807, 2.05) is 0 Å². The molecule has 2 atom stereocenters. The lowest BCUT2D eigenvalue weighted by Gasteiger charge is -2.33. The highest BCUT2D eigenvalue weighted by atomic mass is 35.5. The lowest BCUT2D eigenvalue weighted by molar-refractivity contribution is -0.0297. The number of hydrogen-bond acceptors (Lipinski definition) is 2. The maximum absolute atomic E-state index is 14.1. The number of halogens is 2. The SMILES string of the molecule is CC(C)CNCC1CCCOC1c1c(F)cccc1Cl. The van der Waals surface area contributed by atoms with Crippen LogP contribution >= 0.6 is 11.6 Å². The van der Waals surface area contributed by atoms with Gasteiger partial charge in [-0.2, -0.15) is 0 Å². The average Bonchev–Trinajstić information content (AvgIpc) is 2.40. The summed E-state index contributed by atoms with van der Waals surface area (Å²) < 4.78 is 19.9. The normalized spacial score (nSPS) is 23.2. The Bertz CT molecular complexity index is 418. The Balaban J connectivity index is 2.10. The zero-order valence-corrected chi connectivity index (χ0v) is 12.9. The van der Waals surface area contributed by atoms with Crippen molar-refractivity contribution in [1.29, 1.82) is 0 Å². The molecule has 1 fully saturated rings. The lowest BCUT2D eigenvalue weighted by atomic mass is 9.89. The van der Waals surface area contributed by atoms with E-state index in [1.165, 1.54) is 6.07 Å². The first-order chi connectivity index (χ1) is 9.59. The molecule has 0 saturated carbocycles. The molecule has 4 heteroatoms. The Morgan fingerprint density at radius 1 is 1.45 bits per heavy atom. The van der Waals surface area contributed by atoms with E-state index in [9.17, 15) is 4.39 Å². The number of hydrogen-bond donors (Lipinski definition) is 1. The van der Waals surface area contributed by atoms with Crippen molar-refractivity contribution in [3.05, 3.63) is 34.6 Å². The van der Waals surface area contributed by atoms with Gasteiger partial charge >= 0.3 is 0 Å². The van der Waals surface area contributed by atoms with Crippen molar-refractivity contribution in [2.45, 2.75) is 32.8 Å². The van der Waals surface area contributed by atoms with Gasteiger partial charge in [-0.05, 0) is 37.4 Å². The Hall–Kier alpha value is -0.640. The first-order valence-electron chi connectivity index (χ1n) is 7.35. The van der Waals surface area contributed by atoms with E-state index in [-0.39, 0.29) is 17.8 Å². The predicted octanol–water partition coefficient (Wildman–Crippen LogP) is 4.19. The van der Waals surface area contributed by atoms with Gasteiger partial charge in [0, 0.05) is 29.7 Å². The zero-order valence-electron chi connectivity index (χ0n) is 12.2. The summed E-state index contributed by atoms with van der Waals surface area (Å²) in [4.78, 5) is 0. The average molecular weight is 300 g/mol. The fraction of sp³-hybridized carbons (Fsp3) is 0.625. The highest BCUT2D eigenvalue weighted by molar-refractivity contribution is 6.31. The molecule has 1 saturated heterocycles. The van der Waals surface area contributed by atoms with Crippen LogP contribution in [-0.2, 0) is 4.74 Å². The molecule has 20 heavy (non-hydrogen) atoms. The Morgan fingerprint density at radius 3 is 2.95 bits per heavy atom. The summed E-state index contributed by atoms with van der Waals surface area (Å²) in [6.07, 6.45) is 1.83. The number of rotatable bonds is 5. The van der Waals surface area contributed by atoms with Gasteiger partial charge in [-0.15, -0.1) is 0 Å². The number of ether oxygens (including phenoxy) is 1. The summed E-state index contributed by atoms with van der Waals surface area (Å²) in [5, 5.41) is 3.91. The molecule has 1 aromatic carbocycles. The fourth-order valence-electron chi connectivity index (χ4n) is 2.71. The standard InChI is InChI=1S/C16H23ClFNO/c1-11(2)9-19-10-12-5-4-8-20-16(12)15-13(17)6-3-7-14(15)18/h3,6-7,11-12,16,19H,4-5,8-10H2,1-2H3. The maximum Gasteiger partial charge on any atom is 0.130 e. The molecule has 2 nitrogen and oxygen atoms in total. The van der Waals surface area contributed by atoms with Crippen molar-refractivity contribution in [2.24, 2.45) is 11.8 Å². The predicted molar refractivity (Wildman–Crippen MR) is 80.5 cm³/mol. The quantitative estimate of drug-likeness (QED) is 0.880. The van der Waals surface area contributed by atoms with Crippen LogP contribution in [0.1, 0.15) is 38.4 Å². The molecule has 0 radical (unpaired) electrons. The fourth-order valence-corrected chi connectivity index (χ4v) is 2.98. The van der Waals surface area contributed by atoms with Crippen LogP contribution in [0.25, 0.3) is 0 Å². The molecule has 2 unspecified atom stereocenters. The highest BCUT2D eigenvalue weighted by Gasteiger charge is 2.30. The molecule has 1 aromatic rings. The van der Waals surface area contributed by atoms with Gasteiger partial charge in [0.05, 0.1) is 6.10 Å². The van der Waals surface area contributed by atoms with Crippen LogP contribution in [0.3, 0.4) is 0 Å². The van der Waals surface area contributed by atoms with Crippen molar-refractivity contribution < 1.29 is 9.13 Å². The van der Waals surface area contributed by atoms with Crippen molar-refractivity contribution >= 4 is 11.6 Å². The highest BCUT2D eigenvalue weighted by Crippen LogP contribution is 2.38.